The number of benzene rings is 1. The summed E-state index contributed by atoms with van der Waals surface area (Å²) < 4.78 is 39.0. The van der Waals surface area contributed by atoms with Crippen molar-refractivity contribution < 1.29 is 37.4 Å². The number of methoxy groups -OCH3 is 1. The van der Waals surface area contributed by atoms with Crippen LogP contribution in [-0.2, 0) is 21.4 Å². The van der Waals surface area contributed by atoms with Crippen LogP contribution < -0.4 is 10.1 Å². The number of piperidine rings is 2. The van der Waals surface area contributed by atoms with Crippen molar-refractivity contribution in [3.05, 3.63) is 41.5 Å². The zero-order valence-corrected chi connectivity index (χ0v) is 25.0. The maximum Gasteiger partial charge on any atom is 0.490 e. The van der Waals surface area contributed by atoms with Gasteiger partial charge in [-0.3, -0.25) is 14.5 Å². The van der Waals surface area contributed by atoms with Crippen LogP contribution in [0.4, 0.5) is 18.9 Å². The minimum Gasteiger partial charge on any atom is -0.497 e. The molecule has 2 aromatic rings. The number of aryl methyl sites for hydroxylation is 1. The first-order chi connectivity index (χ1) is 20.3. The molecule has 2 N–H and O–H groups in total. The summed E-state index contributed by atoms with van der Waals surface area (Å²) in [6.45, 7) is 5.42. The van der Waals surface area contributed by atoms with Crippen molar-refractivity contribution in [1.29, 1.82) is 0 Å². The average molecular weight is 608 g/mol. The molecule has 10 nitrogen and oxygen atoms in total. The first-order valence-corrected chi connectivity index (χ1v) is 14.6. The van der Waals surface area contributed by atoms with Gasteiger partial charge in [-0.25, -0.2) is 9.78 Å². The van der Waals surface area contributed by atoms with Gasteiger partial charge in [-0.2, -0.15) is 13.2 Å². The number of ether oxygens (including phenoxy) is 1. The van der Waals surface area contributed by atoms with Crippen molar-refractivity contribution in [1.82, 2.24) is 19.4 Å². The fourth-order valence-corrected chi connectivity index (χ4v) is 6.02. The van der Waals surface area contributed by atoms with Gasteiger partial charge in [0.1, 0.15) is 17.6 Å². The molecule has 3 unspecified atom stereocenters. The molecular weight excluding hydrogens is 567 g/mol. The van der Waals surface area contributed by atoms with Gasteiger partial charge in [0.25, 0.3) is 0 Å². The number of piperazine rings is 1. The summed E-state index contributed by atoms with van der Waals surface area (Å²) in [5.41, 5.74) is 2.72. The number of hydrogen-bond acceptors (Lipinski definition) is 6. The quantitative estimate of drug-likeness (QED) is 0.450. The first-order valence-electron chi connectivity index (χ1n) is 14.6. The number of anilines is 1. The highest BCUT2D eigenvalue weighted by Gasteiger charge is 2.46. The van der Waals surface area contributed by atoms with E-state index < -0.39 is 18.2 Å². The number of hydrogen-bond donors (Lipinski definition) is 2. The minimum atomic E-state index is -5.08. The molecule has 3 aliphatic heterocycles. The second-order valence-electron chi connectivity index (χ2n) is 11.6. The van der Waals surface area contributed by atoms with E-state index in [-0.39, 0.29) is 18.0 Å². The standard InChI is InChI=1S/C28H39N5O3.C2HF3O2/c1-18-19(2)31(3)27(29-18)26(28(35)30-21-9-13-24(36-4)14-10-21)33-17-22-11-12-23(33)16-32(22)25(34)15-8-20-6-5-7-20;3-2(4,5)1(6)7/h9-10,13-14,20,22-23,26H,5-8,11-12,15-17H2,1-4H3,(H,30,35);(H,6,7). The number of imidazole rings is 1. The average Bonchev–Trinajstić information content (AvgIpc) is 3.19. The summed E-state index contributed by atoms with van der Waals surface area (Å²) in [5.74, 6) is -0.314. The molecule has 1 saturated carbocycles. The summed E-state index contributed by atoms with van der Waals surface area (Å²) in [6, 6.07) is 7.17. The first kappa shape index (κ1) is 32.3. The molecule has 1 aliphatic carbocycles. The molecule has 4 fully saturated rings. The number of rotatable bonds is 8. The molecule has 1 aromatic heterocycles. The molecule has 0 spiro atoms. The van der Waals surface area contributed by atoms with Crippen LogP contribution >= 0.6 is 0 Å². The molecule has 2 amide bonds. The van der Waals surface area contributed by atoms with Crippen molar-refractivity contribution in [2.75, 3.05) is 25.5 Å². The third kappa shape index (κ3) is 7.49. The molecule has 3 saturated heterocycles. The molecule has 1 aromatic carbocycles. The smallest absolute Gasteiger partial charge is 0.490 e. The lowest BCUT2D eigenvalue weighted by atomic mass is 9.81. The highest BCUT2D eigenvalue weighted by atomic mass is 19.4. The van der Waals surface area contributed by atoms with Crippen molar-refractivity contribution in [2.24, 2.45) is 13.0 Å². The zero-order valence-electron chi connectivity index (χ0n) is 25.0. The number of nitrogens with zero attached hydrogens (tertiary/aromatic N) is 4. The van der Waals surface area contributed by atoms with Gasteiger partial charge in [-0.15, -0.1) is 0 Å². The number of alkyl halides is 3. The van der Waals surface area contributed by atoms with Gasteiger partial charge in [0, 0.05) is 50.0 Å². The Bertz CT molecular complexity index is 1310. The number of nitrogens with one attached hydrogen (secondary N) is 1. The normalized spacial score (nSPS) is 21.0. The SMILES string of the molecule is COc1ccc(NC(=O)C(c2nc(C)c(C)n2C)N2CC3CCC2CN3C(=O)CCC2CCC2)cc1.O=C(O)C(F)(F)F. The van der Waals surface area contributed by atoms with Crippen molar-refractivity contribution >= 4 is 23.5 Å². The lowest BCUT2D eigenvalue weighted by molar-refractivity contribution is -0.192. The molecule has 2 bridgehead atoms. The summed E-state index contributed by atoms with van der Waals surface area (Å²) in [4.78, 5) is 45.1. The van der Waals surface area contributed by atoms with Gasteiger partial charge in [0.05, 0.1) is 12.8 Å². The van der Waals surface area contributed by atoms with Crippen molar-refractivity contribution in [3.8, 4) is 5.75 Å². The Hall–Kier alpha value is -3.61. The summed E-state index contributed by atoms with van der Waals surface area (Å²) in [6.07, 6.45) is 2.46. The van der Waals surface area contributed by atoms with E-state index in [1.54, 1.807) is 7.11 Å². The van der Waals surface area contributed by atoms with Crippen molar-refractivity contribution in [3.63, 3.8) is 0 Å². The van der Waals surface area contributed by atoms with Crippen LogP contribution in [0.25, 0.3) is 0 Å². The molecule has 43 heavy (non-hydrogen) atoms. The second-order valence-corrected chi connectivity index (χ2v) is 11.6. The Kier molecular flexibility index (Phi) is 10.0. The summed E-state index contributed by atoms with van der Waals surface area (Å²) in [7, 11) is 3.61. The largest absolute Gasteiger partial charge is 0.497 e. The number of aromatic nitrogens is 2. The van der Waals surface area contributed by atoms with E-state index in [1.165, 1.54) is 19.3 Å². The van der Waals surface area contributed by atoms with E-state index in [0.717, 1.165) is 53.8 Å². The number of carboxylic acid groups (broad SMARTS) is 1. The number of carbonyl (C=O) groups is 3. The van der Waals surface area contributed by atoms with E-state index in [0.29, 0.717) is 25.4 Å². The Labute approximate surface area is 249 Å². The maximum atomic E-state index is 13.8. The number of fused-ring (bicyclic) bond motifs is 3. The zero-order chi connectivity index (χ0) is 31.5. The van der Waals surface area contributed by atoms with Crippen LogP contribution in [0.1, 0.15) is 68.2 Å². The van der Waals surface area contributed by atoms with Gasteiger partial charge < -0.3 is 24.6 Å². The highest BCUT2D eigenvalue weighted by molar-refractivity contribution is 5.95. The van der Waals surface area contributed by atoms with E-state index in [1.807, 2.05) is 49.7 Å². The number of halogens is 3. The van der Waals surface area contributed by atoms with E-state index in [4.69, 9.17) is 19.6 Å². The minimum absolute atomic E-state index is 0.0938. The fraction of sp³-hybridized carbons (Fsp3) is 0.600. The van der Waals surface area contributed by atoms with Gasteiger partial charge >= 0.3 is 12.1 Å². The van der Waals surface area contributed by atoms with Crippen LogP contribution in [0.15, 0.2) is 24.3 Å². The molecule has 0 radical (unpaired) electrons. The summed E-state index contributed by atoms with van der Waals surface area (Å²) >= 11 is 0. The van der Waals surface area contributed by atoms with Crippen LogP contribution in [-0.4, -0.2) is 80.7 Å². The van der Waals surface area contributed by atoms with Gasteiger partial charge in [-0.05, 0) is 63.3 Å². The molecular formula is C30H40F3N5O5. The second kappa shape index (κ2) is 13.4. The third-order valence-corrected chi connectivity index (χ3v) is 8.96. The van der Waals surface area contributed by atoms with E-state index >= 15 is 0 Å². The van der Waals surface area contributed by atoms with Crippen LogP contribution in [0.3, 0.4) is 0 Å². The molecule has 236 valence electrons. The Balaban J connectivity index is 0.000000541. The number of carbonyl (C=O) groups excluding carboxylic acids is 2. The molecule has 4 aliphatic rings. The topological polar surface area (TPSA) is 117 Å². The van der Waals surface area contributed by atoms with E-state index in [9.17, 15) is 22.8 Å². The van der Waals surface area contributed by atoms with Gasteiger partial charge in [0.2, 0.25) is 11.8 Å². The molecule has 6 rings (SSSR count). The Morgan fingerprint density at radius 2 is 1.70 bits per heavy atom. The van der Waals surface area contributed by atoms with Crippen LogP contribution in [0, 0.1) is 19.8 Å². The maximum absolute atomic E-state index is 13.8. The van der Waals surface area contributed by atoms with Gasteiger partial charge in [0.15, 0.2) is 0 Å². The number of aliphatic carboxylic acids is 1. The predicted octanol–water partition coefficient (Wildman–Crippen LogP) is 4.61. The number of carboxylic acids is 1. The van der Waals surface area contributed by atoms with Crippen LogP contribution in [0.5, 0.6) is 5.75 Å². The molecule has 13 heteroatoms. The monoisotopic (exact) mass is 607 g/mol. The highest BCUT2D eigenvalue weighted by Crippen LogP contribution is 2.37. The third-order valence-electron chi connectivity index (χ3n) is 8.96. The molecule has 3 atom stereocenters. The lowest BCUT2D eigenvalue weighted by Crippen LogP contribution is -2.65. The Morgan fingerprint density at radius 1 is 1.07 bits per heavy atom. The van der Waals surface area contributed by atoms with E-state index in [2.05, 4.69) is 15.1 Å². The summed E-state index contributed by atoms with van der Waals surface area (Å²) in [5, 5.41) is 10.2. The van der Waals surface area contributed by atoms with Gasteiger partial charge in [-0.1, -0.05) is 19.3 Å². The predicted molar refractivity (Wildman–Crippen MR) is 153 cm³/mol. The molecule has 4 heterocycles. The van der Waals surface area contributed by atoms with Crippen molar-refractivity contribution in [2.45, 2.75) is 83.1 Å². The Morgan fingerprint density at radius 3 is 2.16 bits per heavy atom. The van der Waals surface area contributed by atoms with Crippen LogP contribution in [0.2, 0.25) is 0 Å². The lowest BCUT2D eigenvalue weighted by Gasteiger charge is -2.53. The fourth-order valence-electron chi connectivity index (χ4n) is 6.02. The number of amides is 2.